The SMILES string of the molecule is Cc1ccc(-c2noc(C3(Sc4nnc(-c5ccncc5)n4-c4ccccc4C)CCC3)n2)cc1. The molecule has 0 amide bonds. The van der Waals surface area contributed by atoms with Crippen LogP contribution in [-0.4, -0.2) is 29.9 Å². The molecule has 6 rings (SSSR count). The van der Waals surface area contributed by atoms with Gasteiger partial charge in [-0.1, -0.05) is 64.9 Å². The summed E-state index contributed by atoms with van der Waals surface area (Å²) in [5.74, 6) is 2.04. The number of hydrogen-bond donors (Lipinski definition) is 0. The van der Waals surface area contributed by atoms with Crippen LogP contribution in [0, 0.1) is 13.8 Å². The molecule has 1 aliphatic carbocycles. The van der Waals surface area contributed by atoms with E-state index in [1.165, 1.54) is 5.56 Å². The van der Waals surface area contributed by atoms with E-state index in [2.05, 4.69) is 63.0 Å². The first-order valence-electron chi connectivity index (χ1n) is 11.7. The molecule has 3 aromatic heterocycles. The summed E-state index contributed by atoms with van der Waals surface area (Å²) in [5.41, 5.74) is 5.31. The van der Waals surface area contributed by atoms with Crippen LogP contribution in [0.1, 0.15) is 36.3 Å². The second-order valence-corrected chi connectivity index (χ2v) is 10.3. The molecule has 7 nitrogen and oxygen atoms in total. The molecule has 0 unspecified atom stereocenters. The molecule has 5 aromatic rings. The van der Waals surface area contributed by atoms with E-state index in [0.29, 0.717) is 11.7 Å². The summed E-state index contributed by atoms with van der Waals surface area (Å²) >= 11 is 1.67. The van der Waals surface area contributed by atoms with Gasteiger partial charge in [-0.15, -0.1) is 10.2 Å². The standard InChI is InChI=1S/C27H24N6OS/c1-18-8-10-20(11-9-18)23-29-25(34-32-23)27(14-5-15-27)35-26-31-30-24(21-12-16-28-17-13-21)33(26)22-7-4-3-6-19(22)2/h3-4,6-13,16-17H,5,14-15H2,1-2H3. The molecule has 1 fully saturated rings. The molecule has 0 aliphatic heterocycles. The van der Waals surface area contributed by atoms with Crippen LogP contribution in [0.5, 0.6) is 0 Å². The summed E-state index contributed by atoms with van der Waals surface area (Å²) in [4.78, 5) is 8.98. The molecule has 35 heavy (non-hydrogen) atoms. The first-order valence-corrected chi connectivity index (χ1v) is 12.5. The molecule has 0 N–H and O–H groups in total. The Morgan fingerprint density at radius 1 is 0.886 bits per heavy atom. The fourth-order valence-corrected chi connectivity index (χ4v) is 5.69. The number of rotatable bonds is 6. The molecule has 0 radical (unpaired) electrons. The zero-order valence-corrected chi connectivity index (χ0v) is 20.4. The number of hydrogen-bond acceptors (Lipinski definition) is 7. The van der Waals surface area contributed by atoms with Crippen molar-refractivity contribution >= 4 is 11.8 Å². The molecule has 1 saturated carbocycles. The van der Waals surface area contributed by atoms with Crippen LogP contribution in [0.3, 0.4) is 0 Å². The molecule has 0 atom stereocenters. The van der Waals surface area contributed by atoms with Crippen LogP contribution in [0.2, 0.25) is 0 Å². The lowest BCUT2D eigenvalue weighted by Gasteiger charge is -2.37. The average Bonchev–Trinajstić information content (AvgIpc) is 3.51. The van der Waals surface area contributed by atoms with E-state index in [-0.39, 0.29) is 4.75 Å². The Morgan fingerprint density at radius 3 is 2.37 bits per heavy atom. The lowest BCUT2D eigenvalue weighted by molar-refractivity contribution is 0.264. The van der Waals surface area contributed by atoms with Gasteiger partial charge in [0.2, 0.25) is 11.7 Å². The maximum atomic E-state index is 5.84. The third-order valence-corrected chi connectivity index (χ3v) is 7.92. The average molecular weight is 481 g/mol. The van der Waals surface area contributed by atoms with Crippen molar-refractivity contribution in [1.29, 1.82) is 0 Å². The normalized spacial score (nSPS) is 14.6. The van der Waals surface area contributed by atoms with Crippen LogP contribution in [0.25, 0.3) is 28.5 Å². The molecule has 8 heteroatoms. The van der Waals surface area contributed by atoms with Gasteiger partial charge >= 0.3 is 0 Å². The number of para-hydroxylation sites is 1. The van der Waals surface area contributed by atoms with E-state index >= 15 is 0 Å². The zero-order valence-electron chi connectivity index (χ0n) is 19.5. The van der Waals surface area contributed by atoms with Gasteiger partial charge in [0.1, 0.15) is 4.75 Å². The van der Waals surface area contributed by atoms with E-state index in [1.807, 2.05) is 36.4 Å². The van der Waals surface area contributed by atoms with Gasteiger partial charge in [-0.25, -0.2) is 0 Å². The fourth-order valence-electron chi connectivity index (χ4n) is 4.32. The Hall–Kier alpha value is -3.78. The van der Waals surface area contributed by atoms with Gasteiger partial charge < -0.3 is 4.52 Å². The first-order chi connectivity index (χ1) is 17.1. The molecule has 0 saturated heterocycles. The smallest absolute Gasteiger partial charge is 0.243 e. The highest BCUT2D eigenvalue weighted by atomic mass is 32.2. The van der Waals surface area contributed by atoms with Crippen molar-refractivity contribution in [2.75, 3.05) is 0 Å². The lowest BCUT2D eigenvalue weighted by atomic mass is 9.84. The highest BCUT2D eigenvalue weighted by Crippen LogP contribution is 2.55. The van der Waals surface area contributed by atoms with Gasteiger partial charge in [0.15, 0.2) is 11.0 Å². The maximum absolute atomic E-state index is 5.84. The number of aromatic nitrogens is 6. The topological polar surface area (TPSA) is 82.5 Å². The van der Waals surface area contributed by atoms with Crippen molar-refractivity contribution in [2.24, 2.45) is 0 Å². The highest BCUT2D eigenvalue weighted by molar-refractivity contribution is 8.00. The first kappa shape index (κ1) is 21.7. The molecule has 0 bridgehead atoms. The Labute approximate surface area is 207 Å². The second kappa shape index (κ2) is 8.78. The predicted octanol–water partition coefficient (Wildman–Crippen LogP) is 6.17. The summed E-state index contributed by atoms with van der Waals surface area (Å²) in [6.45, 7) is 4.17. The van der Waals surface area contributed by atoms with Crippen molar-refractivity contribution in [3.05, 3.63) is 90.1 Å². The van der Waals surface area contributed by atoms with Gasteiger partial charge in [0.25, 0.3) is 0 Å². The minimum atomic E-state index is -0.321. The number of benzene rings is 2. The number of aryl methyl sites for hydroxylation is 2. The molecular formula is C27H24N6OS. The van der Waals surface area contributed by atoms with Crippen molar-refractivity contribution in [3.8, 4) is 28.5 Å². The lowest BCUT2D eigenvalue weighted by Crippen LogP contribution is -2.31. The Bertz CT molecular complexity index is 1470. The number of thioether (sulfide) groups is 1. The van der Waals surface area contributed by atoms with Crippen molar-refractivity contribution in [2.45, 2.75) is 43.0 Å². The van der Waals surface area contributed by atoms with E-state index in [9.17, 15) is 0 Å². The number of nitrogens with zero attached hydrogens (tertiary/aromatic N) is 6. The van der Waals surface area contributed by atoms with Gasteiger partial charge in [0.05, 0.1) is 5.69 Å². The van der Waals surface area contributed by atoms with Crippen LogP contribution < -0.4 is 0 Å². The zero-order chi connectivity index (χ0) is 23.8. The molecule has 3 heterocycles. The van der Waals surface area contributed by atoms with Crippen LogP contribution in [0.15, 0.2) is 82.7 Å². The molecular weight excluding hydrogens is 456 g/mol. The van der Waals surface area contributed by atoms with Crippen molar-refractivity contribution in [3.63, 3.8) is 0 Å². The largest absolute Gasteiger partial charge is 0.337 e. The number of pyridine rings is 1. The van der Waals surface area contributed by atoms with Gasteiger partial charge in [-0.2, -0.15) is 4.98 Å². The summed E-state index contributed by atoms with van der Waals surface area (Å²) in [6, 6.07) is 20.4. The van der Waals surface area contributed by atoms with Crippen LogP contribution >= 0.6 is 11.8 Å². The monoisotopic (exact) mass is 480 g/mol. The molecule has 1 aliphatic rings. The summed E-state index contributed by atoms with van der Waals surface area (Å²) in [6.07, 6.45) is 6.54. The van der Waals surface area contributed by atoms with Gasteiger partial charge in [-0.05, 0) is 56.9 Å². The predicted molar refractivity (Wildman–Crippen MR) is 135 cm³/mol. The summed E-state index contributed by atoms with van der Waals surface area (Å²) < 4.78 is 7.65. The minimum absolute atomic E-state index is 0.321. The van der Waals surface area contributed by atoms with Crippen LogP contribution in [-0.2, 0) is 4.75 Å². The highest BCUT2D eigenvalue weighted by Gasteiger charge is 2.46. The summed E-state index contributed by atoms with van der Waals surface area (Å²) in [7, 11) is 0. The quantitative estimate of drug-likeness (QED) is 0.287. The van der Waals surface area contributed by atoms with E-state index in [0.717, 1.165) is 52.6 Å². The Morgan fingerprint density at radius 2 is 1.66 bits per heavy atom. The van der Waals surface area contributed by atoms with Gasteiger partial charge in [-0.3, -0.25) is 9.55 Å². The van der Waals surface area contributed by atoms with Crippen molar-refractivity contribution in [1.82, 2.24) is 29.9 Å². The van der Waals surface area contributed by atoms with Crippen molar-refractivity contribution < 1.29 is 4.52 Å². The molecule has 2 aromatic carbocycles. The molecule has 174 valence electrons. The van der Waals surface area contributed by atoms with E-state index in [1.54, 1.807) is 24.2 Å². The fraction of sp³-hybridized carbons (Fsp3) is 0.222. The third kappa shape index (κ3) is 3.93. The Kier molecular flexibility index (Phi) is 5.45. The Balaban J connectivity index is 1.41. The third-order valence-electron chi connectivity index (χ3n) is 6.50. The molecule has 0 spiro atoms. The summed E-state index contributed by atoms with van der Waals surface area (Å²) in [5, 5.41) is 14.4. The maximum Gasteiger partial charge on any atom is 0.243 e. The van der Waals surface area contributed by atoms with E-state index in [4.69, 9.17) is 9.51 Å². The van der Waals surface area contributed by atoms with Crippen LogP contribution in [0.4, 0.5) is 0 Å². The second-order valence-electron chi connectivity index (χ2n) is 8.90. The van der Waals surface area contributed by atoms with E-state index < -0.39 is 0 Å². The minimum Gasteiger partial charge on any atom is -0.337 e. The van der Waals surface area contributed by atoms with Gasteiger partial charge in [0, 0.05) is 23.5 Å².